The molecule has 0 fully saturated rings. The zero-order valence-corrected chi connectivity index (χ0v) is 17.4. The maximum absolute atomic E-state index is 12.0. The standard InChI is InChI=1S/C20H23N3O2S2/c1-20(2,3)18-22-19(26-23-18)21-17(14-9-6-5-7-10-14)15-11-8-12-16(13-15)27(4,24)25/h5-13,17H,1-4H3,(H,21,22,23). The number of rotatable bonds is 5. The highest BCUT2D eigenvalue weighted by Gasteiger charge is 2.22. The van der Waals surface area contributed by atoms with Crippen LogP contribution in [0.4, 0.5) is 5.13 Å². The number of sulfone groups is 1. The van der Waals surface area contributed by atoms with E-state index in [0.717, 1.165) is 17.0 Å². The number of benzene rings is 2. The third-order valence-electron chi connectivity index (χ3n) is 4.12. The highest BCUT2D eigenvalue weighted by molar-refractivity contribution is 7.90. The van der Waals surface area contributed by atoms with Gasteiger partial charge in [-0.2, -0.15) is 4.37 Å². The summed E-state index contributed by atoms with van der Waals surface area (Å²) in [5.41, 5.74) is 1.75. The van der Waals surface area contributed by atoms with E-state index in [1.165, 1.54) is 17.8 Å². The molecule has 142 valence electrons. The molecule has 1 unspecified atom stereocenters. The van der Waals surface area contributed by atoms with E-state index in [9.17, 15) is 8.42 Å². The van der Waals surface area contributed by atoms with Crippen molar-refractivity contribution in [1.29, 1.82) is 0 Å². The van der Waals surface area contributed by atoms with Crippen LogP contribution in [0.1, 0.15) is 43.8 Å². The molecule has 0 aliphatic rings. The third-order valence-corrected chi connectivity index (χ3v) is 5.87. The first kappa shape index (κ1) is 19.5. The second-order valence-corrected chi connectivity index (χ2v) is 10.3. The van der Waals surface area contributed by atoms with Crippen molar-refractivity contribution in [3.8, 4) is 0 Å². The molecule has 0 spiro atoms. The van der Waals surface area contributed by atoms with E-state index in [0.29, 0.717) is 10.0 Å². The normalized spacial score (nSPS) is 13.3. The quantitative estimate of drug-likeness (QED) is 0.684. The predicted octanol–water partition coefficient (Wildman–Crippen LogP) is 4.44. The predicted molar refractivity (Wildman–Crippen MR) is 110 cm³/mol. The van der Waals surface area contributed by atoms with Gasteiger partial charge in [0.15, 0.2) is 9.84 Å². The van der Waals surface area contributed by atoms with Crippen molar-refractivity contribution in [3.63, 3.8) is 0 Å². The molecule has 0 aliphatic heterocycles. The van der Waals surface area contributed by atoms with Gasteiger partial charge < -0.3 is 5.32 Å². The third kappa shape index (κ3) is 4.73. The lowest BCUT2D eigenvalue weighted by Crippen LogP contribution is -2.15. The van der Waals surface area contributed by atoms with Gasteiger partial charge in [0.05, 0.1) is 10.9 Å². The van der Waals surface area contributed by atoms with E-state index >= 15 is 0 Å². The van der Waals surface area contributed by atoms with E-state index in [2.05, 4.69) is 35.4 Å². The highest BCUT2D eigenvalue weighted by atomic mass is 32.2. The SMILES string of the molecule is CC(C)(C)c1nsc(NC(c2ccccc2)c2cccc(S(C)(=O)=O)c2)n1. The summed E-state index contributed by atoms with van der Waals surface area (Å²) < 4.78 is 28.4. The Balaban J connectivity index is 2.02. The van der Waals surface area contributed by atoms with Crippen LogP contribution in [0.2, 0.25) is 0 Å². The summed E-state index contributed by atoms with van der Waals surface area (Å²) in [7, 11) is -3.28. The Morgan fingerprint density at radius 3 is 2.26 bits per heavy atom. The molecule has 0 bridgehead atoms. The number of nitrogens with zero attached hydrogens (tertiary/aromatic N) is 2. The Morgan fingerprint density at radius 2 is 1.67 bits per heavy atom. The minimum absolute atomic E-state index is 0.130. The van der Waals surface area contributed by atoms with Crippen LogP contribution in [0.3, 0.4) is 0 Å². The van der Waals surface area contributed by atoms with E-state index in [-0.39, 0.29) is 11.5 Å². The van der Waals surface area contributed by atoms with Crippen molar-refractivity contribution in [1.82, 2.24) is 9.36 Å². The van der Waals surface area contributed by atoms with Gasteiger partial charge in [-0.3, -0.25) is 0 Å². The molecule has 0 saturated carbocycles. The van der Waals surface area contributed by atoms with Crippen LogP contribution in [0.15, 0.2) is 59.5 Å². The van der Waals surface area contributed by atoms with Gasteiger partial charge in [-0.1, -0.05) is 63.2 Å². The van der Waals surface area contributed by atoms with E-state index in [1.54, 1.807) is 18.2 Å². The fourth-order valence-electron chi connectivity index (χ4n) is 2.64. The summed E-state index contributed by atoms with van der Waals surface area (Å²) in [5, 5.41) is 4.14. The van der Waals surface area contributed by atoms with Gasteiger partial charge in [-0.15, -0.1) is 0 Å². The lowest BCUT2D eigenvalue weighted by molar-refractivity contribution is 0.555. The Hall–Kier alpha value is -2.25. The molecule has 1 aromatic heterocycles. The van der Waals surface area contributed by atoms with Gasteiger partial charge >= 0.3 is 0 Å². The first-order valence-corrected chi connectivity index (χ1v) is 11.3. The topological polar surface area (TPSA) is 72.0 Å². The molecular weight excluding hydrogens is 378 g/mol. The largest absolute Gasteiger partial charge is 0.349 e. The molecule has 0 amide bonds. The Labute approximate surface area is 164 Å². The van der Waals surface area contributed by atoms with E-state index < -0.39 is 9.84 Å². The van der Waals surface area contributed by atoms with Crippen LogP contribution in [-0.2, 0) is 15.3 Å². The monoisotopic (exact) mass is 401 g/mol. The van der Waals surface area contributed by atoms with Crippen LogP contribution in [0.25, 0.3) is 0 Å². The molecule has 0 saturated heterocycles. The number of nitrogens with one attached hydrogen (secondary N) is 1. The molecule has 2 aromatic carbocycles. The first-order chi connectivity index (χ1) is 12.6. The van der Waals surface area contributed by atoms with Crippen molar-refractivity contribution < 1.29 is 8.42 Å². The molecule has 27 heavy (non-hydrogen) atoms. The van der Waals surface area contributed by atoms with Crippen LogP contribution in [-0.4, -0.2) is 24.0 Å². The molecule has 1 atom stereocenters. The summed E-state index contributed by atoms with van der Waals surface area (Å²) in [6.45, 7) is 6.22. The van der Waals surface area contributed by atoms with Crippen LogP contribution in [0, 0.1) is 0 Å². The molecule has 7 heteroatoms. The molecular formula is C20H23N3O2S2. The maximum Gasteiger partial charge on any atom is 0.203 e. The second kappa shape index (κ2) is 7.40. The van der Waals surface area contributed by atoms with Crippen LogP contribution < -0.4 is 5.32 Å². The molecule has 0 radical (unpaired) electrons. The summed E-state index contributed by atoms with van der Waals surface area (Å²) in [4.78, 5) is 4.92. The summed E-state index contributed by atoms with van der Waals surface area (Å²) >= 11 is 1.31. The minimum atomic E-state index is -3.28. The van der Waals surface area contributed by atoms with Gasteiger partial charge in [0.2, 0.25) is 5.13 Å². The van der Waals surface area contributed by atoms with Crippen molar-refractivity contribution in [2.24, 2.45) is 0 Å². The van der Waals surface area contributed by atoms with Gasteiger partial charge in [-0.05, 0) is 23.3 Å². The molecule has 1 N–H and O–H groups in total. The maximum atomic E-state index is 12.0. The van der Waals surface area contributed by atoms with Gasteiger partial charge in [0, 0.05) is 23.2 Å². The number of hydrogen-bond donors (Lipinski definition) is 1. The summed E-state index contributed by atoms with van der Waals surface area (Å²) in [5.74, 6) is 0.784. The number of anilines is 1. The molecule has 1 heterocycles. The van der Waals surface area contributed by atoms with Crippen LogP contribution >= 0.6 is 11.5 Å². The average molecular weight is 402 g/mol. The van der Waals surface area contributed by atoms with Crippen LogP contribution in [0.5, 0.6) is 0 Å². The molecule has 0 aliphatic carbocycles. The average Bonchev–Trinajstić information content (AvgIpc) is 3.09. The molecule has 3 aromatic rings. The zero-order valence-electron chi connectivity index (χ0n) is 15.8. The minimum Gasteiger partial charge on any atom is -0.349 e. The van der Waals surface area contributed by atoms with Crippen molar-refractivity contribution in [2.45, 2.75) is 37.1 Å². The second-order valence-electron chi connectivity index (χ2n) is 7.51. The highest BCUT2D eigenvalue weighted by Crippen LogP contribution is 2.30. The lowest BCUT2D eigenvalue weighted by Gasteiger charge is -2.20. The Morgan fingerprint density at radius 1 is 1.00 bits per heavy atom. The van der Waals surface area contributed by atoms with Crippen molar-refractivity contribution in [3.05, 3.63) is 71.5 Å². The summed E-state index contributed by atoms with van der Waals surface area (Å²) in [6.07, 6.45) is 1.22. The van der Waals surface area contributed by atoms with Gasteiger partial charge in [-0.25, -0.2) is 13.4 Å². The molecule has 5 nitrogen and oxygen atoms in total. The number of aromatic nitrogens is 2. The van der Waals surface area contributed by atoms with E-state index in [4.69, 9.17) is 0 Å². The smallest absolute Gasteiger partial charge is 0.203 e. The fraction of sp³-hybridized carbons (Fsp3) is 0.300. The fourth-order valence-corrected chi connectivity index (χ4v) is 4.10. The molecule has 3 rings (SSSR count). The van der Waals surface area contributed by atoms with Gasteiger partial charge in [0.25, 0.3) is 0 Å². The lowest BCUT2D eigenvalue weighted by atomic mass is 9.96. The number of hydrogen-bond acceptors (Lipinski definition) is 6. The van der Waals surface area contributed by atoms with E-state index in [1.807, 2.05) is 36.4 Å². The van der Waals surface area contributed by atoms with Crippen molar-refractivity contribution >= 4 is 26.5 Å². The zero-order chi connectivity index (χ0) is 19.7. The van der Waals surface area contributed by atoms with Crippen molar-refractivity contribution in [2.75, 3.05) is 11.6 Å². The first-order valence-electron chi connectivity index (χ1n) is 8.60. The summed E-state index contributed by atoms with van der Waals surface area (Å²) in [6, 6.07) is 16.7. The Bertz CT molecular complexity index is 1020. The Kier molecular flexibility index (Phi) is 5.35. The van der Waals surface area contributed by atoms with Gasteiger partial charge in [0.1, 0.15) is 5.82 Å².